The van der Waals surface area contributed by atoms with E-state index in [0.717, 1.165) is 31.4 Å². The third kappa shape index (κ3) is 1.62. The molecule has 3 nitrogen and oxygen atoms in total. The van der Waals surface area contributed by atoms with Gasteiger partial charge in [0.15, 0.2) is 0 Å². The van der Waals surface area contributed by atoms with E-state index in [2.05, 4.69) is 12.1 Å². The number of ether oxygens (including phenoxy) is 2. The normalized spacial score (nSPS) is 27.6. The molecule has 3 aliphatic rings. The van der Waals surface area contributed by atoms with Gasteiger partial charge in [0.05, 0.1) is 19.6 Å². The molecule has 2 aliphatic carbocycles. The van der Waals surface area contributed by atoms with Crippen LogP contribution in [0.25, 0.3) is 5.57 Å². The number of benzene rings is 1. The molecule has 1 aromatic rings. The second-order valence-electron chi connectivity index (χ2n) is 5.93. The summed E-state index contributed by atoms with van der Waals surface area (Å²) in [6, 6.07) is 6.31. The van der Waals surface area contributed by atoms with E-state index in [0.29, 0.717) is 12.5 Å². The standard InChI is InChI=1S/C17H18O3/c1-19-12-4-7-13-10(8-12)2-6-15-14(13)5-3-11-9-20-17(18)16(11)15/h4,7-8,11,16H,2-3,5-6,9H2,1H3/t11-,16+/m0/s1. The summed E-state index contributed by atoms with van der Waals surface area (Å²) >= 11 is 0. The van der Waals surface area contributed by atoms with E-state index in [-0.39, 0.29) is 11.9 Å². The van der Waals surface area contributed by atoms with Crippen molar-refractivity contribution in [2.45, 2.75) is 25.7 Å². The van der Waals surface area contributed by atoms with Gasteiger partial charge in [-0.1, -0.05) is 11.6 Å². The maximum absolute atomic E-state index is 12.0. The predicted molar refractivity (Wildman–Crippen MR) is 75.4 cm³/mol. The minimum Gasteiger partial charge on any atom is -0.497 e. The Balaban J connectivity index is 1.81. The monoisotopic (exact) mass is 270 g/mol. The molecule has 0 radical (unpaired) electrons. The summed E-state index contributed by atoms with van der Waals surface area (Å²) in [6.07, 6.45) is 4.14. The first-order valence-corrected chi connectivity index (χ1v) is 7.34. The van der Waals surface area contributed by atoms with Crippen LogP contribution in [0.3, 0.4) is 0 Å². The molecule has 3 heteroatoms. The van der Waals surface area contributed by atoms with Crippen molar-refractivity contribution in [3.05, 3.63) is 34.9 Å². The van der Waals surface area contributed by atoms with Gasteiger partial charge in [-0.25, -0.2) is 0 Å². The molecule has 0 amide bonds. The summed E-state index contributed by atoms with van der Waals surface area (Å²) in [6.45, 7) is 0.621. The zero-order valence-corrected chi connectivity index (χ0v) is 11.6. The van der Waals surface area contributed by atoms with E-state index in [1.54, 1.807) is 7.11 Å². The first-order valence-electron chi connectivity index (χ1n) is 7.34. The summed E-state index contributed by atoms with van der Waals surface area (Å²) in [5.74, 6) is 1.37. The molecule has 2 atom stereocenters. The van der Waals surface area contributed by atoms with Crippen LogP contribution in [0.15, 0.2) is 23.8 Å². The van der Waals surface area contributed by atoms with Gasteiger partial charge in [0, 0.05) is 5.92 Å². The molecule has 20 heavy (non-hydrogen) atoms. The van der Waals surface area contributed by atoms with Gasteiger partial charge >= 0.3 is 5.97 Å². The average molecular weight is 270 g/mol. The molecule has 0 N–H and O–H groups in total. The fourth-order valence-corrected chi connectivity index (χ4v) is 4.00. The van der Waals surface area contributed by atoms with Crippen LogP contribution >= 0.6 is 0 Å². The van der Waals surface area contributed by atoms with Gasteiger partial charge in [-0.05, 0) is 54.5 Å². The average Bonchev–Trinajstić information content (AvgIpc) is 2.88. The van der Waals surface area contributed by atoms with E-state index in [4.69, 9.17) is 9.47 Å². The van der Waals surface area contributed by atoms with Crippen LogP contribution in [0, 0.1) is 11.8 Å². The smallest absolute Gasteiger partial charge is 0.313 e. The highest BCUT2D eigenvalue weighted by Crippen LogP contribution is 2.48. The summed E-state index contributed by atoms with van der Waals surface area (Å²) in [5.41, 5.74) is 5.42. The topological polar surface area (TPSA) is 35.5 Å². The van der Waals surface area contributed by atoms with Gasteiger partial charge in [0.2, 0.25) is 0 Å². The molecule has 1 aliphatic heterocycles. The molecule has 104 valence electrons. The molecule has 0 saturated carbocycles. The molecule has 0 aromatic heterocycles. The van der Waals surface area contributed by atoms with E-state index in [1.807, 2.05) is 6.07 Å². The molecule has 1 aromatic carbocycles. The van der Waals surface area contributed by atoms with Crippen LogP contribution in [0.1, 0.15) is 30.4 Å². The SMILES string of the molecule is COc1ccc2c(c1)CCC1=C2CC[C@H]2COC(=O)[C@@H]12. The minimum atomic E-state index is -0.000776. The van der Waals surface area contributed by atoms with Crippen LogP contribution in [0.4, 0.5) is 0 Å². The number of methoxy groups -OCH3 is 1. The highest BCUT2D eigenvalue weighted by molar-refractivity contribution is 5.85. The van der Waals surface area contributed by atoms with Gasteiger partial charge in [0.25, 0.3) is 0 Å². The Labute approximate surface area is 118 Å². The summed E-state index contributed by atoms with van der Waals surface area (Å²) in [7, 11) is 1.70. The number of fused-ring (bicyclic) bond motifs is 4. The molecule has 0 spiro atoms. The third-order valence-corrected chi connectivity index (χ3v) is 4.99. The molecular formula is C17H18O3. The van der Waals surface area contributed by atoms with Gasteiger partial charge in [-0.2, -0.15) is 0 Å². The molecular weight excluding hydrogens is 252 g/mol. The molecule has 1 heterocycles. The number of esters is 1. The Morgan fingerprint density at radius 1 is 1.25 bits per heavy atom. The molecule has 1 fully saturated rings. The number of hydrogen-bond acceptors (Lipinski definition) is 3. The maximum Gasteiger partial charge on any atom is 0.313 e. The molecule has 4 rings (SSSR count). The maximum atomic E-state index is 12.0. The van der Waals surface area contributed by atoms with Crippen LogP contribution in [-0.2, 0) is 16.0 Å². The Morgan fingerprint density at radius 3 is 3.00 bits per heavy atom. The molecule has 1 saturated heterocycles. The second kappa shape index (κ2) is 4.37. The quantitative estimate of drug-likeness (QED) is 0.736. The van der Waals surface area contributed by atoms with Gasteiger partial charge < -0.3 is 9.47 Å². The Bertz CT molecular complexity index is 615. The molecule has 0 unspecified atom stereocenters. The second-order valence-corrected chi connectivity index (χ2v) is 5.93. The van der Waals surface area contributed by atoms with Crippen molar-refractivity contribution in [3.8, 4) is 5.75 Å². The summed E-state index contributed by atoms with van der Waals surface area (Å²) in [5, 5.41) is 0. The fourth-order valence-electron chi connectivity index (χ4n) is 4.00. The van der Waals surface area contributed by atoms with E-state index < -0.39 is 0 Å². The lowest BCUT2D eigenvalue weighted by molar-refractivity contribution is -0.140. The first kappa shape index (κ1) is 12.0. The number of allylic oxidation sites excluding steroid dienone is 1. The first-order chi connectivity index (χ1) is 9.78. The zero-order valence-electron chi connectivity index (χ0n) is 11.6. The lowest BCUT2D eigenvalue weighted by Gasteiger charge is -2.32. The van der Waals surface area contributed by atoms with Crippen molar-refractivity contribution >= 4 is 11.5 Å². The Morgan fingerprint density at radius 2 is 2.15 bits per heavy atom. The predicted octanol–water partition coefficient (Wildman–Crippen LogP) is 2.98. The van der Waals surface area contributed by atoms with E-state index >= 15 is 0 Å². The Hall–Kier alpha value is -1.77. The van der Waals surface area contributed by atoms with Crippen molar-refractivity contribution in [2.75, 3.05) is 13.7 Å². The molecule has 0 bridgehead atoms. The number of carbonyl (C=O) groups excluding carboxylic acids is 1. The highest BCUT2D eigenvalue weighted by Gasteiger charge is 2.43. The van der Waals surface area contributed by atoms with Crippen molar-refractivity contribution in [3.63, 3.8) is 0 Å². The largest absolute Gasteiger partial charge is 0.497 e. The number of carbonyl (C=O) groups is 1. The number of hydrogen-bond donors (Lipinski definition) is 0. The number of cyclic esters (lactones) is 1. The van der Waals surface area contributed by atoms with E-state index in [9.17, 15) is 4.79 Å². The van der Waals surface area contributed by atoms with Crippen molar-refractivity contribution in [2.24, 2.45) is 11.8 Å². The van der Waals surface area contributed by atoms with Crippen LogP contribution in [0.5, 0.6) is 5.75 Å². The van der Waals surface area contributed by atoms with Crippen molar-refractivity contribution in [1.82, 2.24) is 0 Å². The van der Waals surface area contributed by atoms with Gasteiger partial charge in [0.1, 0.15) is 5.75 Å². The number of aryl methyl sites for hydroxylation is 1. The third-order valence-electron chi connectivity index (χ3n) is 4.99. The van der Waals surface area contributed by atoms with Crippen LogP contribution < -0.4 is 4.74 Å². The lowest BCUT2D eigenvalue weighted by Crippen LogP contribution is -2.26. The zero-order chi connectivity index (χ0) is 13.7. The lowest BCUT2D eigenvalue weighted by atomic mass is 9.70. The summed E-state index contributed by atoms with van der Waals surface area (Å²) < 4.78 is 10.6. The van der Waals surface area contributed by atoms with Crippen LogP contribution in [-0.4, -0.2) is 19.7 Å². The van der Waals surface area contributed by atoms with Crippen molar-refractivity contribution < 1.29 is 14.3 Å². The van der Waals surface area contributed by atoms with Crippen molar-refractivity contribution in [1.29, 1.82) is 0 Å². The fraction of sp³-hybridized carbons (Fsp3) is 0.471. The Kier molecular flexibility index (Phi) is 2.62. The highest BCUT2D eigenvalue weighted by atomic mass is 16.5. The number of rotatable bonds is 1. The summed E-state index contributed by atoms with van der Waals surface area (Å²) in [4.78, 5) is 12.0. The van der Waals surface area contributed by atoms with Crippen LogP contribution in [0.2, 0.25) is 0 Å². The minimum absolute atomic E-state index is 0.000776. The van der Waals surface area contributed by atoms with E-state index in [1.165, 1.54) is 22.3 Å². The van der Waals surface area contributed by atoms with Gasteiger partial charge in [-0.3, -0.25) is 4.79 Å². The van der Waals surface area contributed by atoms with Gasteiger partial charge in [-0.15, -0.1) is 0 Å².